The average molecular weight is 516 g/mol. The third kappa shape index (κ3) is 8.58. The van der Waals surface area contributed by atoms with Crippen molar-refractivity contribution in [2.75, 3.05) is 5.73 Å². The molecule has 3 aromatic carbocycles. The highest BCUT2D eigenvalue weighted by atomic mass is 16.3. The first-order chi connectivity index (χ1) is 18.4. The highest BCUT2D eigenvalue weighted by Crippen LogP contribution is 2.41. The molecule has 3 N–H and O–H groups in total. The van der Waals surface area contributed by atoms with Crippen molar-refractivity contribution in [1.29, 1.82) is 0 Å². The van der Waals surface area contributed by atoms with Crippen molar-refractivity contribution in [1.82, 2.24) is 0 Å². The van der Waals surface area contributed by atoms with Gasteiger partial charge < -0.3 is 10.8 Å². The maximum Gasteiger partial charge on any atom is 0.146 e. The number of nitrogens with two attached hydrogens (primary N) is 1. The van der Waals surface area contributed by atoms with Crippen LogP contribution in [0.5, 0.6) is 5.75 Å². The minimum absolute atomic E-state index is 0.257. The molecular weight excluding hydrogens is 466 g/mol. The summed E-state index contributed by atoms with van der Waals surface area (Å²) in [7, 11) is 0. The molecule has 3 aromatic rings. The number of aromatic hydroxyl groups is 1. The Morgan fingerprint density at radius 2 is 1.24 bits per heavy atom. The van der Waals surface area contributed by atoms with Gasteiger partial charge >= 0.3 is 0 Å². The van der Waals surface area contributed by atoms with Gasteiger partial charge in [-0.25, -0.2) is 0 Å². The van der Waals surface area contributed by atoms with Crippen molar-refractivity contribution in [2.45, 2.75) is 117 Å². The predicted molar refractivity (Wildman–Crippen MR) is 164 cm³/mol. The van der Waals surface area contributed by atoms with Gasteiger partial charge in [0.05, 0.1) is 5.69 Å². The molecule has 0 fully saturated rings. The minimum atomic E-state index is 0.257. The zero-order valence-electron chi connectivity index (χ0n) is 24.2. The molecule has 0 aromatic heterocycles. The number of azo groups is 1. The smallest absolute Gasteiger partial charge is 0.146 e. The fourth-order valence-corrected chi connectivity index (χ4v) is 5.27. The maximum absolute atomic E-state index is 11.3. The molecule has 4 heteroatoms. The largest absolute Gasteiger partial charge is 0.505 e. The van der Waals surface area contributed by atoms with Gasteiger partial charge in [-0.2, -0.15) is 0 Å². The topological polar surface area (TPSA) is 71.0 Å². The first kappa shape index (κ1) is 29.7. The second-order valence-electron chi connectivity index (χ2n) is 11.1. The summed E-state index contributed by atoms with van der Waals surface area (Å²) >= 11 is 0. The lowest BCUT2D eigenvalue weighted by Crippen LogP contribution is -2.00. The Balaban J connectivity index is 1.86. The van der Waals surface area contributed by atoms with Crippen LogP contribution in [-0.2, 0) is 0 Å². The van der Waals surface area contributed by atoms with E-state index in [9.17, 15) is 5.11 Å². The first-order valence-electron chi connectivity index (χ1n) is 15.0. The number of nitrogen functional groups attached to an aromatic ring is 1. The summed E-state index contributed by atoms with van der Waals surface area (Å²) in [5, 5.41) is 22.6. The Bertz CT molecular complexity index is 1170. The lowest BCUT2D eigenvalue weighted by Gasteiger charge is -2.19. The SMILES string of the molecule is CCCCCCCC(C)c1cc(N=Nc2cc3ccccc3cc2N)c(O)c(C(C)CCCCCCC)c1. The highest BCUT2D eigenvalue weighted by molar-refractivity contribution is 5.90. The lowest BCUT2D eigenvalue weighted by atomic mass is 9.87. The number of phenolic OH excluding ortho intramolecular Hbond substituents is 1. The van der Waals surface area contributed by atoms with E-state index in [0.29, 0.717) is 23.0 Å². The normalized spacial score (nSPS) is 13.4. The molecule has 2 unspecified atom stereocenters. The number of anilines is 1. The van der Waals surface area contributed by atoms with Crippen LogP contribution in [0.4, 0.5) is 17.1 Å². The van der Waals surface area contributed by atoms with E-state index in [2.05, 4.69) is 44.0 Å². The van der Waals surface area contributed by atoms with Crippen LogP contribution in [0.15, 0.2) is 58.8 Å². The van der Waals surface area contributed by atoms with Gasteiger partial charge in [0.2, 0.25) is 0 Å². The first-order valence-corrected chi connectivity index (χ1v) is 15.0. The molecule has 0 aliphatic heterocycles. The van der Waals surface area contributed by atoms with Crippen LogP contribution >= 0.6 is 0 Å². The number of fused-ring (bicyclic) bond motifs is 1. The van der Waals surface area contributed by atoms with Crippen LogP contribution < -0.4 is 5.73 Å². The fraction of sp³-hybridized carbons (Fsp3) is 0.529. The summed E-state index contributed by atoms with van der Waals surface area (Å²) in [4.78, 5) is 0. The van der Waals surface area contributed by atoms with Crippen LogP contribution in [0.3, 0.4) is 0 Å². The Hall–Kier alpha value is -2.88. The number of nitrogens with zero attached hydrogens (tertiary/aromatic N) is 2. The van der Waals surface area contributed by atoms with Gasteiger partial charge in [0, 0.05) is 0 Å². The third-order valence-corrected chi connectivity index (χ3v) is 7.88. The van der Waals surface area contributed by atoms with E-state index >= 15 is 0 Å². The van der Waals surface area contributed by atoms with Crippen LogP contribution in [0.25, 0.3) is 10.8 Å². The summed E-state index contributed by atoms with van der Waals surface area (Å²) in [6, 6.07) is 16.3. The van der Waals surface area contributed by atoms with Crippen LogP contribution in [-0.4, -0.2) is 5.11 Å². The van der Waals surface area contributed by atoms with Crippen molar-refractivity contribution in [3.63, 3.8) is 0 Å². The van der Waals surface area contributed by atoms with Gasteiger partial charge in [0.15, 0.2) is 0 Å². The summed E-state index contributed by atoms with van der Waals surface area (Å²) in [6.07, 6.45) is 14.9. The van der Waals surface area contributed by atoms with Crippen LogP contribution in [0.1, 0.15) is 128 Å². The monoisotopic (exact) mass is 515 g/mol. The number of hydrogen-bond acceptors (Lipinski definition) is 4. The predicted octanol–water partition coefficient (Wildman–Crippen LogP) is 11.5. The molecule has 38 heavy (non-hydrogen) atoms. The lowest BCUT2D eigenvalue weighted by molar-refractivity contribution is 0.457. The Morgan fingerprint density at radius 3 is 1.87 bits per heavy atom. The molecule has 4 nitrogen and oxygen atoms in total. The van der Waals surface area contributed by atoms with Gasteiger partial charge in [-0.1, -0.05) is 122 Å². The van der Waals surface area contributed by atoms with Crippen molar-refractivity contribution < 1.29 is 5.11 Å². The maximum atomic E-state index is 11.3. The molecule has 2 atom stereocenters. The molecule has 0 radical (unpaired) electrons. The Kier molecular flexibility index (Phi) is 12.1. The number of unbranched alkanes of at least 4 members (excludes halogenated alkanes) is 8. The number of hydrogen-bond donors (Lipinski definition) is 2. The fourth-order valence-electron chi connectivity index (χ4n) is 5.27. The van der Waals surface area contributed by atoms with Crippen molar-refractivity contribution in [3.05, 3.63) is 59.7 Å². The van der Waals surface area contributed by atoms with Crippen molar-refractivity contribution in [2.24, 2.45) is 10.2 Å². The summed E-state index contributed by atoms with van der Waals surface area (Å²) < 4.78 is 0. The molecule has 0 aliphatic carbocycles. The number of benzene rings is 3. The van der Waals surface area contributed by atoms with Crippen molar-refractivity contribution >= 4 is 27.8 Å². The van der Waals surface area contributed by atoms with E-state index in [0.717, 1.165) is 29.2 Å². The Labute approximate surface area is 230 Å². The quantitative estimate of drug-likeness (QED) is 0.113. The summed E-state index contributed by atoms with van der Waals surface area (Å²) in [6.45, 7) is 9.04. The molecule has 0 aliphatic rings. The summed E-state index contributed by atoms with van der Waals surface area (Å²) in [5.41, 5.74) is 10.3. The van der Waals surface area contributed by atoms with Gasteiger partial charge in [-0.3, -0.25) is 0 Å². The zero-order valence-corrected chi connectivity index (χ0v) is 24.2. The molecule has 0 saturated heterocycles. The van der Waals surface area contributed by atoms with E-state index in [-0.39, 0.29) is 11.7 Å². The Morgan fingerprint density at radius 1 is 0.684 bits per heavy atom. The second kappa shape index (κ2) is 15.5. The molecule has 206 valence electrons. The summed E-state index contributed by atoms with van der Waals surface area (Å²) in [5.74, 6) is 0.938. The van der Waals surface area contributed by atoms with Crippen molar-refractivity contribution in [3.8, 4) is 5.75 Å². The molecule has 0 spiro atoms. The molecule has 0 amide bonds. The molecule has 0 heterocycles. The van der Waals surface area contributed by atoms with Crippen LogP contribution in [0.2, 0.25) is 0 Å². The number of phenols is 1. The second-order valence-corrected chi connectivity index (χ2v) is 11.1. The van der Waals surface area contributed by atoms with E-state index in [1.807, 2.05) is 42.5 Å². The molecular formula is C34H49N3O. The van der Waals surface area contributed by atoms with E-state index in [1.165, 1.54) is 69.8 Å². The van der Waals surface area contributed by atoms with Gasteiger partial charge in [0.25, 0.3) is 0 Å². The third-order valence-electron chi connectivity index (χ3n) is 7.88. The highest BCUT2D eigenvalue weighted by Gasteiger charge is 2.18. The molecule has 3 rings (SSSR count). The van der Waals surface area contributed by atoms with Gasteiger partial charge in [0.1, 0.15) is 17.1 Å². The van der Waals surface area contributed by atoms with Crippen LogP contribution in [0, 0.1) is 0 Å². The zero-order chi connectivity index (χ0) is 27.3. The van der Waals surface area contributed by atoms with E-state index in [1.54, 1.807) is 0 Å². The number of rotatable bonds is 16. The molecule has 0 saturated carbocycles. The standard InChI is InChI=1S/C34H49N3O/c1-5-7-9-11-13-17-25(3)29-21-30(26(4)18-14-12-10-8-6-2)34(38)33(24-29)37-36-32-23-28-20-16-15-19-27(28)22-31(32)35/h15-16,19-26,38H,5-14,17-18,35H2,1-4H3. The van der Waals surface area contributed by atoms with Gasteiger partial charge in [-0.05, 0) is 64.8 Å². The van der Waals surface area contributed by atoms with E-state index in [4.69, 9.17) is 5.73 Å². The van der Waals surface area contributed by atoms with Gasteiger partial charge in [-0.15, -0.1) is 10.2 Å². The minimum Gasteiger partial charge on any atom is -0.505 e. The average Bonchev–Trinajstić information content (AvgIpc) is 2.92. The molecule has 0 bridgehead atoms. The van der Waals surface area contributed by atoms with E-state index < -0.39 is 0 Å².